The zero-order valence-electron chi connectivity index (χ0n) is 14.4. The van der Waals surface area contributed by atoms with Gasteiger partial charge in [0, 0.05) is 37.6 Å². The molecular weight excluding hydrogens is 331 g/mol. The second-order valence-corrected chi connectivity index (χ2v) is 7.82. The molecule has 0 N–H and O–H groups in total. The molecular formula is C18H24ClFN2O2. The standard InChI is InChI=1S/C18H24ClFN2O2/c1-18(2,3)12-16(23)21-7-4-8-22(10-9-21)17(24)14-11-13(19)5-6-15(14)20/h5-6,11H,4,7-10,12H2,1-3H3. The van der Waals surface area contributed by atoms with E-state index in [0.717, 1.165) is 0 Å². The summed E-state index contributed by atoms with van der Waals surface area (Å²) >= 11 is 5.87. The Hall–Kier alpha value is -1.62. The Morgan fingerprint density at radius 3 is 2.42 bits per heavy atom. The van der Waals surface area contributed by atoms with Crippen LogP contribution in [0.3, 0.4) is 0 Å². The lowest BCUT2D eigenvalue weighted by Crippen LogP contribution is -2.38. The predicted molar refractivity (Wildman–Crippen MR) is 92.6 cm³/mol. The Labute approximate surface area is 147 Å². The number of amides is 2. The molecule has 132 valence electrons. The summed E-state index contributed by atoms with van der Waals surface area (Å²) in [6.45, 7) is 8.09. The number of hydrogen-bond acceptors (Lipinski definition) is 2. The van der Waals surface area contributed by atoms with E-state index in [-0.39, 0.29) is 22.8 Å². The predicted octanol–water partition coefficient (Wildman–Crippen LogP) is 3.59. The lowest BCUT2D eigenvalue weighted by molar-refractivity contribution is -0.132. The highest BCUT2D eigenvalue weighted by Crippen LogP contribution is 2.21. The van der Waals surface area contributed by atoms with Crippen LogP contribution in [0.2, 0.25) is 5.02 Å². The second kappa shape index (κ2) is 7.51. The van der Waals surface area contributed by atoms with Gasteiger partial charge in [-0.15, -0.1) is 0 Å². The van der Waals surface area contributed by atoms with Crippen molar-refractivity contribution in [3.8, 4) is 0 Å². The van der Waals surface area contributed by atoms with Gasteiger partial charge in [-0.05, 0) is 30.0 Å². The molecule has 1 aliphatic heterocycles. The number of nitrogens with zero attached hydrogens (tertiary/aromatic N) is 2. The highest BCUT2D eigenvalue weighted by atomic mass is 35.5. The van der Waals surface area contributed by atoms with Gasteiger partial charge in [0.2, 0.25) is 5.91 Å². The number of benzene rings is 1. The lowest BCUT2D eigenvalue weighted by Gasteiger charge is -2.25. The molecule has 1 heterocycles. The number of carbonyl (C=O) groups excluding carboxylic acids is 2. The summed E-state index contributed by atoms with van der Waals surface area (Å²) in [5.74, 6) is -0.847. The molecule has 0 aromatic heterocycles. The number of halogens is 2. The van der Waals surface area contributed by atoms with Crippen molar-refractivity contribution < 1.29 is 14.0 Å². The SMILES string of the molecule is CC(C)(C)CC(=O)N1CCCN(C(=O)c2cc(Cl)ccc2F)CC1. The molecule has 4 nitrogen and oxygen atoms in total. The van der Waals surface area contributed by atoms with Gasteiger partial charge in [-0.25, -0.2) is 4.39 Å². The molecule has 2 rings (SSSR count). The van der Waals surface area contributed by atoms with Crippen molar-refractivity contribution in [1.29, 1.82) is 0 Å². The molecule has 0 aliphatic carbocycles. The van der Waals surface area contributed by atoms with Gasteiger partial charge in [-0.1, -0.05) is 32.4 Å². The molecule has 0 spiro atoms. The maximum absolute atomic E-state index is 13.9. The molecule has 24 heavy (non-hydrogen) atoms. The van der Waals surface area contributed by atoms with Crippen LogP contribution >= 0.6 is 11.6 Å². The minimum Gasteiger partial charge on any atom is -0.341 e. The van der Waals surface area contributed by atoms with Gasteiger partial charge in [-0.2, -0.15) is 0 Å². The Kier molecular flexibility index (Phi) is 5.86. The summed E-state index contributed by atoms with van der Waals surface area (Å²) < 4.78 is 13.9. The molecule has 2 amide bonds. The zero-order valence-corrected chi connectivity index (χ0v) is 15.2. The highest BCUT2D eigenvalue weighted by molar-refractivity contribution is 6.31. The molecule has 6 heteroatoms. The number of hydrogen-bond donors (Lipinski definition) is 0. The van der Waals surface area contributed by atoms with E-state index in [0.29, 0.717) is 44.0 Å². The summed E-state index contributed by atoms with van der Waals surface area (Å²) in [6, 6.07) is 3.97. The molecule has 1 aromatic rings. The average Bonchev–Trinajstić information content (AvgIpc) is 2.73. The molecule has 0 radical (unpaired) electrons. The topological polar surface area (TPSA) is 40.6 Å². The van der Waals surface area contributed by atoms with Gasteiger partial charge in [0.25, 0.3) is 5.91 Å². The second-order valence-electron chi connectivity index (χ2n) is 7.39. The third-order valence-corrected chi connectivity index (χ3v) is 4.21. The van der Waals surface area contributed by atoms with Crippen LogP contribution in [0.1, 0.15) is 44.0 Å². The molecule has 0 unspecified atom stereocenters. The third kappa shape index (κ3) is 4.94. The van der Waals surface area contributed by atoms with Crippen LogP contribution in [0.15, 0.2) is 18.2 Å². The van der Waals surface area contributed by atoms with Crippen LogP contribution in [0, 0.1) is 11.2 Å². The van der Waals surface area contributed by atoms with Gasteiger partial charge < -0.3 is 9.80 Å². The van der Waals surface area contributed by atoms with Gasteiger partial charge in [-0.3, -0.25) is 9.59 Å². The Morgan fingerprint density at radius 1 is 1.12 bits per heavy atom. The van der Waals surface area contributed by atoms with Gasteiger partial charge in [0.1, 0.15) is 5.82 Å². The molecule has 1 aromatic carbocycles. The summed E-state index contributed by atoms with van der Waals surface area (Å²) in [4.78, 5) is 28.3. The Bertz CT molecular complexity index is 628. The maximum atomic E-state index is 13.9. The number of carbonyl (C=O) groups is 2. The van der Waals surface area contributed by atoms with Crippen LogP contribution in [0.4, 0.5) is 4.39 Å². The Morgan fingerprint density at radius 2 is 1.75 bits per heavy atom. The van der Waals surface area contributed by atoms with Crippen molar-refractivity contribution in [1.82, 2.24) is 9.80 Å². The minimum atomic E-state index is -0.575. The van der Waals surface area contributed by atoms with Gasteiger partial charge in [0.05, 0.1) is 5.56 Å². The van der Waals surface area contributed by atoms with E-state index < -0.39 is 5.82 Å². The Balaban J connectivity index is 2.04. The fraction of sp³-hybridized carbons (Fsp3) is 0.556. The van der Waals surface area contributed by atoms with E-state index in [1.165, 1.54) is 18.2 Å². The average molecular weight is 355 g/mol. The van der Waals surface area contributed by atoms with Crippen LogP contribution in [0.5, 0.6) is 0 Å². The smallest absolute Gasteiger partial charge is 0.256 e. The molecule has 0 saturated carbocycles. The van der Waals surface area contributed by atoms with E-state index in [1.807, 2.05) is 20.8 Å². The van der Waals surface area contributed by atoms with Crippen LogP contribution in [-0.2, 0) is 4.79 Å². The van der Waals surface area contributed by atoms with E-state index in [2.05, 4.69) is 0 Å². The van der Waals surface area contributed by atoms with E-state index in [4.69, 9.17) is 11.6 Å². The third-order valence-electron chi connectivity index (χ3n) is 3.98. The summed E-state index contributed by atoms with van der Waals surface area (Å²) in [6.07, 6.45) is 1.16. The fourth-order valence-electron chi connectivity index (χ4n) is 2.77. The zero-order chi connectivity index (χ0) is 17.9. The van der Waals surface area contributed by atoms with Crippen molar-refractivity contribution in [3.05, 3.63) is 34.6 Å². The largest absolute Gasteiger partial charge is 0.341 e. The van der Waals surface area contributed by atoms with E-state index in [1.54, 1.807) is 9.80 Å². The molecule has 0 bridgehead atoms. The molecule has 0 atom stereocenters. The first-order chi connectivity index (χ1) is 11.2. The van der Waals surface area contributed by atoms with Gasteiger partial charge >= 0.3 is 0 Å². The molecule has 1 saturated heterocycles. The van der Waals surface area contributed by atoms with Crippen molar-refractivity contribution in [3.63, 3.8) is 0 Å². The van der Waals surface area contributed by atoms with E-state index in [9.17, 15) is 14.0 Å². The van der Waals surface area contributed by atoms with E-state index >= 15 is 0 Å². The summed E-state index contributed by atoms with van der Waals surface area (Å²) in [5.41, 5.74) is -0.0834. The summed E-state index contributed by atoms with van der Waals surface area (Å²) in [7, 11) is 0. The van der Waals surface area contributed by atoms with Crippen LogP contribution in [0.25, 0.3) is 0 Å². The highest BCUT2D eigenvalue weighted by Gasteiger charge is 2.26. The summed E-state index contributed by atoms with van der Waals surface area (Å²) in [5, 5.41) is 0.330. The fourth-order valence-corrected chi connectivity index (χ4v) is 2.94. The first-order valence-corrected chi connectivity index (χ1v) is 8.57. The minimum absolute atomic E-state index is 0.0167. The van der Waals surface area contributed by atoms with Crippen molar-refractivity contribution in [2.45, 2.75) is 33.6 Å². The molecule has 1 fully saturated rings. The van der Waals surface area contributed by atoms with Crippen LogP contribution in [-0.4, -0.2) is 47.8 Å². The van der Waals surface area contributed by atoms with Gasteiger partial charge in [0.15, 0.2) is 0 Å². The van der Waals surface area contributed by atoms with Crippen molar-refractivity contribution in [2.24, 2.45) is 5.41 Å². The molecule has 1 aliphatic rings. The first-order valence-electron chi connectivity index (χ1n) is 8.19. The van der Waals surface area contributed by atoms with Crippen molar-refractivity contribution in [2.75, 3.05) is 26.2 Å². The normalized spacial score (nSPS) is 16.0. The lowest BCUT2D eigenvalue weighted by atomic mass is 9.91. The maximum Gasteiger partial charge on any atom is 0.256 e. The number of rotatable bonds is 2. The monoisotopic (exact) mass is 354 g/mol. The van der Waals surface area contributed by atoms with Crippen molar-refractivity contribution >= 4 is 23.4 Å². The first kappa shape index (κ1) is 18.7. The quantitative estimate of drug-likeness (QED) is 0.814. The van der Waals surface area contributed by atoms with Crippen LogP contribution < -0.4 is 0 Å².